The quantitative estimate of drug-likeness (QED) is 0.347. The third-order valence-electron chi connectivity index (χ3n) is 3.04. The van der Waals surface area contributed by atoms with Gasteiger partial charge in [0.2, 0.25) is 0 Å². The highest BCUT2D eigenvalue weighted by molar-refractivity contribution is 4.47. The Hall–Kier alpha value is -0.200. The first-order valence-electron chi connectivity index (χ1n) is 8.34. The van der Waals surface area contributed by atoms with Crippen LogP contribution >= 0.6 is 0 Å². The largest absolute Gasteiger partial charge is 0.396 e. The Balaban J connectivity index is 0. The first kappa shape index (κ1) is 23.1. The Morgan fingerprint density at radius 3 is 0.905 bits per heavy atom. The Morgan fingerprint density at radius 2 is 0.667 bits per heavy atom. The molecule has 130 valence electrons. The fourth-order valence-corrected chi connectivity index (χ4v) is 1.87. The molecule has 0 aromatic rings. The van der Waals surface area contributed by atoms with Gasteiger partial charge >= 0.3 is 0 Å². The minimum absolute atomic E-state index is 0.0278. The van der Waals surface area contributed by atoms with E-state index in [4.69, 9.17) is 20.4 Å². The number of ether oxygens (including phenoxy) is 1. The molecule has 4 N–H and O–H groups in total. The molecule has 0 aliphatic rings. The third-order valence-corrected chi connectivity index (χ3v) is 3.04. The van der Waals surface area contributed by atoms with Crippen LogP contribution < -0.4 is 0 Å². The van der Waals surface area contributed by atoms with Crippen molar-refractivity contribution in [2.24, 2.45) is 0 Å². The smallest absolute Gasteiger partial charge is 0.0698 e. The van der Waals surface area contributed by atoms with Crippen molar-refractivity contribution in [3.05, 3.63) is 0 Å². The Kier molecular flexibility index (Phi) is 27.2. The van der Waals surface area contributed by atoms with Gasteiger partial charge in [-0.05, 0) is 12.8 Å². The van der Waals surface area contributed by atoms with E-state index in [-0.39, 0.29) is 13.2 Å². The molecule has 0 bridgehead atoms. The first-order chi connectivity index (χ1) is 10.3. The van der Waals surface area contributed by atoms with Crippen molar-refractivity contribution < 1.29 is 25.2 Å². The van der Waals surface area contributed by atoms with Crippen LogP contribution in [0.1, 0.15) is 64.2 Å². The Morgan fingerprint density at radius 1 is 0.381 bits per heavy atom. The summed E-state index contributed by atoms with van der Waals surface area (Å²) in [5, 5.41) is 33.3. The van der Waals surface area contributed by atoms with Crippen LogP contribution in [0.3, 0.4) is 0 Å². The minimum atomic E-state index is 0.0278. The summed E-state index contributed by atoms with van der Waals surface area (Å²) in [5.41, 5.74) is 0. The molecule has 5 heteroatoms. The van der Waals surface area contributed by atoms with Crippen LogP contribution in [0.15, 0.2) is 0 Å². The van der Waals surface area contributed by atoms with E-state index in [1.165, 1.54) is 51.4 Å². The van der Waals surface area contributed by atoms with E-state index in [1.807, 2.05) is 0 Å². The summed E-state index contributed by atoms with van der Waals surface area (Å²) in [6, 6.07) is 0. The number of hydrogen-bond donors (Lipinski definition) is 4. The molecule has 0 fully saturated rings. The lowest BCUT2D eigenvalue weighted by Gasteiger charge is -2.01. The Labute approximate surface area is 130 Å². The summed E-state index contributed by atoms with van der Waals surface area (Å²) in [6.07, 6.45) is 12.2. The average Bonchev–Trinajstić information content (AvgIpc) is 2.50. The van der Waals surface area contributed by atoms with Crippen LogP contribution in [0.2, 0.25) is 0 Å². The molecular weight excluding hydrogens is 272 g/mol. The number of hydrogen-bond acceptors (Lipinski definition) is 5. The molecule has 0 saturated heterocycles. The van der Waals surface area contributed by atoms with Crippen molar-refractivity contribution in [1.82, 2.24) is 0 Å². The van der Waals surface area contributed by atoms with Crippen molar-refractivity contribution in [3.63, 3.8) is 0 Å². The molecule has 0 saturated carbocycles. The zero-order valence-corrected chi connectivity index (χ0v) is 13.5. The van der Waals surface area contributed by atoms with Gasteiger partial charge in [0.25, 0.3) is 0 Å². The first-order valence-corrected chi connectivity index (χ1v) is 8.34. The molecule has 0 aliphatic carbocycles. The number of aliphatic hydroxyl groups excluding tert-OH is 4. The van der Waals surface area contributed by atoms with Crippen molar-refractivity contribution in [2.45, 2.75) is 64.2 Å². The van der Waals surface area contributed by atoms with E-state index in [2.05, 4.69) is 4.74 Å². The fraction of sp³-hybridized carbons (Fsp3) is 1.00. The molecule has 0 spiro atoms. The van der Waals surface area contributed by atoms with Crippen molar-refractivity contribution in [3.8, 4) is 0 Å². The van der Waals surface area contributed by atoms with E-state index in [9.17, 15) is 0 Å². The summed E-state index contributed by atoms with van der Waals surface area (Å²) in [7, 11) is 0. The van der Waals surface area contributed by atoms with Gasteiger partial charge in [-0.3, -0.25) is 0 Å². The SMILES string of the molecule is OCCCCCCCCCCCCO.OCCOCCO. The van der Waals surface area contributed by atoms with Crippen LogP contribution in [0.25, 0.3) is 0 Å². The van der Waals surface area contributed by atoms with E-state index in [0.717, 1.165) is 12.8 Å². The Bertz CT molecular complexity index is 140. The standard InChI is InChI=1S/C12H26O2.C4H10O3/c13-11-9-7-5-3-1-2-4-6-8-10-12-14;5-1-3-7-4-2-6/h13-14H,1-12H2;5-6H,1-4H2. The molecule has 0 rings (SSSR count). The van der Waals surface area contributed by atoms with Gasteiger partial charge in [-0.25, -0.2) is 0 Å². The molecule has 0 heterocycles. The lowest BCUT2D eigenvalue weighted by atomic mass is 10.1. The summed E-state index contributed by atoms with van der Waals surface area (Å²) in [4.78, 5) is 0. The second-order valence-electron chi connectivity index (χ2n) is 5.04. The van der Waals surface area contributed by atoms with Gasteiger partial charge in [0, 0.05) is 13.2 Å². The maximum absolute atomic E-state index is 8.57. The van der Waals surface area contributed by atoms with Crippen LogP contribution in [0, 0.1) is 0 Å². The maximum Gasteiger partial charge on any atom is 0.0698 e. The van der Waals surface area contributed by atoms with Gasteiger partial charge < -0.3 is 25.2 Å². The normalized spacial score (nSPS) is 10.3. The van der Waals surface area contributed by atoms with Crippen LogP contribution in [0.5, 0.6) is 0 Å². The summed E-state index contributed by atoms with van der Waals surface area (Å²) in [5.74, 6) is 0. The molecule has 0 atom stereocenters. The lowest BCUT2D eigenvalue weighted by Crippen LogP contribution is -2.03. The van der Waals surface area contributed by atoms with Gasteiger partial charge in [0.15, 0.2) is 0 Å². The highest BCUT2D eigenvalue weighted by atomic mass is 16.5. The van der Waals surface area contributed by atoms with Crippen LogP contribution in [-0.4, -0.2) is 60.1 Å². The molecule has 5 nitrogen and oxygen atoms in total. The zero-order chi connectivity index (χ0) is 16.0. The molecule has 0 aromatic carbocycles. The van der Waals surface area contributed by atoms with E-state index in [1.54, 1.807) is 0 Å². The molecule has 0 radical (unpaired) electrons. The summed E-state index contributed by atoms with van der Waals surface area (Å²) in [6.45, 7) is 1.39. The minimum Gasteiger partial charge on any atom is -0.396 e. The molecule has 0 unspecified atom stereocenters. The fourth-order valence-electron chi connectivity index (χ4n) is 1.87. The van der Waals surface area contributed by atoms with Gasteiger partial charge in [0.1, 0.15) is 0 Å². The average molecular weight is 308 g/mol. The lowest BCUT2D eigenvalue weighted by molar-refractivity contribution is 0.0650. The van der Waals surface area contributed by atoms with Crippen molar-refractivity contribution in [2.75, 3.05) is 39.6 Å². The van der Waals surface area contributed by atoms with Gasteiger partial charge in [0.05, 0.1) is 26.4 Å². The van der Waals surface area contributed by atoms with Crippen LogP contribution in [-0.2, 0) is 4.74 Å². The predicted molar refractivity (Wildman–Crippen MR) is 85.3 cm³/mol. The van der Waals surface area contributed by atoms with Crippen LogP contribution in [0.4, 0.5) is 0 Å². The molecule has 21 heavy (non-hydrogen) atoms. The summed E-state index contributed by atoms with van der Waals surface area (Å²) >= 11 is 0. The molecule has 0 aliphatic heterocycles. The molecule has 0 aromatic heterocycles. The second-order valence-corrected chi connectivity index (χ2v) is 5.04. The molecular formula is C16H36O5. The second kappa shape index (κ2) is 24.8. The number of rotatable bonds is 15. The number of unbranched alkanes of at least 4 members (excludes halogenated alkanes) is 9. The monoisotopic (exact) mass is 308 g/mol. The van der Waals surface area contributed by atoms with Gasteiger partial charge in [-0.15, -0.1) is 0 Å². The summed E-state index contributed by atoms with van der Waals surface area (Å²) < 4.78 is 4.63. The maximum atomic E-state index is 8.57. The van der Waals surface area contributed by atoms with E-state index in [0.29, 0.717) is 26.4 Å². The predicted octanol–water partition coefficient (Wildman–Crippen LogP) is 1.86. The highest BCUT2D eigenvalue weighted by Crippen LogP contribution is 2.10. The van der Waals surface area contributed by atoms with E-state index < -0.39 is 0 Å². The van der Waals surface area contributed by atoms with Crippen molar-refractivity contribution >= 4 is 0 Å². The van der Waals surface area contributed by atoms with E-state index >= 15 is 0 Å². The zero-order valence-electron chi connectivity index (χ0n) is 13.5. The van der Waals surface area contributed by atoms with Gasteiger partial charge in [-0.2, -0.15) is 0 Å². The third kappa shape index (κ3) is 28.6. The topological polar surface area (TPSA) is 90.2 Å². The molecule has 0 amide bonds. The van der Waals surface area contributed by atoms with Crippen molar-refractivity contribution in [1.29, 1.82) is 0 Å². The number of aliphatic hydroxyl groups is 4. The highest BCUT2D eigenvalue weighted by Gasteiger charge is 1.92. The van der Waals surface area contributed by atoms with Gasteiger partial charge in [-0.1, -0.05) is 51.4 Å².